The Morgan fingerprint density at radius 3 is 2.63 bits per heavy atom. The molecule has 19 heavy (non-hydrogen) atoms. The van der Waals surface area contributed by atoms with Gasteiger partial charge in [-0.3, -0.25) is 0 Å². The van der Waals surface area contributed by atoms with E-state index >= 15 is 0 Å². The van der Waals surface area contributed by atoms with Gasteiger partial charge in [0.05, 0.1) is 17.7 Å². The summed E-state index contributed by atoms with van der Waals surface area (Å²) in [6.45, 7) is 1.73. The molecule has 1 unspecified atom stereocenters. The fourth-order valence-corrected chi connectivity index (χ4v) is 1.86. The summed E-state index contributed by atoms with van der Waals surface area (Å²) in [5.74, 6) is -1.71. The van der Waals surface area contributed by atoms with Gasteiger partial charge in [-0.1, -0.05) is 18.2 Å². The van der Waals surface area contributed by atoms with Crippen molar-refractivity contribution < 1.29 is 8.78 Å². The van der Waals surface area contributed by atoms with Gasteiger partial charge in [0.1, 0.15) is 0 Å². The predicted octanol–water partition coefficient (Wildman–Crippen LogP) is 4.01. The van der Waals surface area contributed by atoms with Gasteiger partial charge in [-0.25, -0.2) is 8.78 Å². The Morgan fingerprint density at radius 1 is 1.16 bits per heavy atom. The Hall–Kier alpha value is -2.41. The summed E-state index contributed by atoms with van der Waals surface area (Å²) in [5, 5.41) is 11.8. The van der Waals surface area contributed by atoms with E-state index in [1.54, 1.807) is 31.2 Å². The number of hydrogen-bond donors (Lipinski definition) is 1. The average molecular weight is 258 g/mol. The number of rotatable bonds is 3. The molecule has 2 nitrogen and oxygen atoms in total. The van der Waals surface area contributed by atoms with Crippen LogP contribution in [0.1, 0.15) is 24.1 Å². The van der Waals surface area contributed by atoms with Crippen molar-refractivity contribution in [2.75, 3.05) is 5.32 Å². The minimum absolute atomic E-state index is 0.252. The number of halogens is 2. The zero-order valence-corrected chi connectivity index (χ0v) is 10.3. The second-order valence-corrected chi connectivity index (χ2v) is 4.20. The Morgan fingerprint density at radius 2 is 1.89 bits per heavy atom. The van der Waals surface area contributed by atoms with Crippen LogP contribution in [0.4, 0.5) is 14.5 Å². The van der Waals surface area contributed by atoms with Gasteiger partial charge in [0.15, 0.2) is 11.6 Å². The normalized spacial score (nSPS) is 11.7. The first-order valence-electron chi connectivity index (χ1n) is 5.82. The second-order valence-electron chi connectivity index (χ2n) is 4.20. The van der Waals surface area contributed by atoms with E-state index in [4.69, 9.17) is 5.26 Å². The van der Waals surface area contributed by atoms with Crippen molar-refractivity contribution in [2.45, 2.75) is 13.0 Å². The third-order valence-electron chi connectivity index (χ3n) is 2.82. The van der Waals surface area contributed by atoms with Crippen molar-refractivity contribution in [3.63, 3.8) is 0 Å². The maximum absolute atomic E-state index is 13.6. The molecular formula is C15H12F2N2. The van der Waals surface area contributed by atoms with Gasteiger partial charge in [-0.15, -0.1) is 0 Å². The smallest absolute Gasteiger partial charge is 0.164 e. The highest BCUT2D eigenvalue weighted by Gasteiger charge is 2.14. The van der Waals surface area contributed by atoms with Crippen LogP contribution in [0.25, 0.3) is 0 Å². The molecule has 1 N–H and O–H groups in total. The molecule has 0 aliphatic carbocycles. The number of anilines is 1. The minimum atomic E-state index is -0.864. The summed E-state index contributed by atoms with van der Waals surface area (Å²) in [6, 6.07) is 12.6. The summed E-state index contributed by atoms with van der Waals surface area (Å²) in [4.78, 5) is 0. The van der Waals surface area contributed by atoms with E-state index in [1.165, 1.54) is 12.1 Å². The van der Waals surface area contributed by atoms with E-state index in [0.29, 0.717) is 11.3 Å². The van der Waals surface area contributed by atoms with Crippen LogP contribution in [0.15, 0.2) is 42.5 Å². The molecular weight excluding hydrogens is 246 g/mol. The first-order valence-corrected chi connectivity index (χ1v) is 5.82. The summed E-state index contributed by atoms with van der Waals surface area (Å²) >= 11 is 0. The Balaban J connectivity index is 2.23. The molecule has 0 aromatic heterocycles. The lowest BCUT2D eigenvalue weighted by Gasteiger charge is -2.16. The quantitative estimate of drug-likeness (QED) is 0.902. The standard InChI is InChI=1S/C15H12F2N2/c1-10(13-6-3-7-14(16)15(13)17)19-12-5-2-4-11(8-12)9-18/h2-8,10,19H,1H3. The molecule has 0 heterocycles. The molecule has 96 valence electrons. The Labute approximate surface area is 110 Å². The molecule has 2 aromatic carbocycles. The van der Waals surface area contributed by atoms with Gasteiger partial charge in [-0.2, -0.15) is 5.26 Å². The molecule has 0 amide bonds. The van der Waals surface area contributed by atoms with Gasteiger partial charge in [-0.05, 0) is 31.2 Å². The highest BCUT2D eigenvalue weighted by Crippen LogP contribution is 2.23. The van der Waals surface area contributed by atoms with Gasteiger partial charge in [0, 0.05) is 11.3 Å². The molecule has 2 rings (SSSR count). The number of nitriles is 1. The largest absolute Gasteiger partial charge is 0.378 e. The Kier molecular flexibility index (Phi) is 3.76. The van der Waals surface area contributed by atoms with Crippen molar-refractivity contribution in [3.8, 4) is 6.07 Å². The van der Waals surface area contributed by atoms with Gasteiger partial charge < -0.3 is 5.32 Å². The molecule has 4 heteroatoms. The van der Waals surface area contributed by atoms with Crippen LogP contribution in [0.2, 0.25) is 0 Å². The number of nitrogens with one attached hydrogen (secondary N) is 1. The van der Waals surface area contributed by atoms with E-state index in [9.17, 15) is 8.78 Å². The lowest BCUT2D eigenvalue weighted by atomic mass is 10.1. The highest BCUT2D eigenvalue weighted by atomic mass is 19.2. The van der Waals surface area contributed by atoms with E-state index in [0.717, 1.165) is 6.07 Å². The fraction of sp³-hybridized carbons (Fsp3) is 0.133. The van der Waals surface area contributed by atoms with Crippen molar-refractivity contribution in [2.24, 2.45) is 0 Å². The first kappa shape index (κ1) is 13.0. The minimum Gasteiger partial charge on any atom is -0.378 e. The van der Waals surface area contributed by atoms with Crippen molar-refractivity contribution >= 4 is 5.69 Å². The third-order valence-corrected chi connectivity index (χ3v) is 2.82. The van der Waals surface area contributed by atoms with Crippen LogP contribution >= 0.6 is 0 Å². The fourth-order valence-electron chi connectivity index (χ4n) is 1.86. The first-order chi connectivity index (χ1) is 9.11. The number of benzene rings is 2. The molecule has 0 saturated carbocycles. The summed E-state index contributed by atoms with van der Waals surface area (Å²) in [7, 11) is 0. The molecule has 0 fully saturated rings. The maximum Gasteiger partial charge on any atom is 0.164 e. The van der Waals surface area contributed by atoms with Crippen LogP contribution < -0.4 is 5.32 Å². The molecule has 2 aromatic rings. The van der Waals surface area contributed by atoms with Gasteiger partial charge in [0.25, 0.3) is 0 Å². The van der Waals surface area contributed by atoms with Crippen LogP contribution in [0.3, 0.4) is 0 Å². The second kappa shape index (κ2) is 5.49. The van der Waals surface area contributed by atoms with Crippen molar-refractivity contribution in [1.82, 2.24) is 0 Å². The predicted molar refractivity (Wildman–Crippen MR) is 69.6 cm³/mol. The molecule has 0 aliphatic heterocycles. The van der Waals surface area contributed by atoms with Crippen molar-refractivity contribution in [3.05, 3.63) is 65.2 Å². The molecule has 1 atom stereocenters. The van der Waals surface area contributed by atoms with Crippen molar-refractivity contribution in [1.29, 1.82) is 5.26 Å². The Bertz CT molecular complexity index is 632. The zero-order valence-electron chi connectivity index (χ0n) is 10.3. The van der Waals surface area contributed by atoms with Crippen LogP contribution in [0.5, 0.6) is 0 Å². The van der Waals surface area contributed by atoms with E-state index in [1.807, 2.05) is 6.07 Å². The molecule has 0 radical (unpaired) electrons. The maximum atomic E-state index is 13.6. The summed E-state index contributed by atoms with van der Waals surface area (Å²) in [6.07, 6.45) is 0. The molecule has 0 saturated heterocycles. The molecule has 0 aliphatic rings. The van der Waals surface area contributed by atoms with Crippen LogP contribution in [0, 0.1) is 23.0 Å². The van der Waals surface area contributed by atoms with Gasteiger partial charge in [0.2, 0.25) is 0 Å². The summed E-state index contributed by atoms with van der Waals surface area (Å²) in [5.41, 5.74) is 1.45. The lowest BCUT2D eigenvalue weighted by molar-refractivity contribution is 0.494. The van der Waals surface area contributed by atoms with Crippen LogP contribution in [-0.2, 0) is 0 Å². The lowest BCUT2D eigenvalue weighted by Crippen LogP contribution is -2.09. The number of hydrogen-bond acceptors (Lipinski definition) is 2. The average Bonchev–Trinajstić information content (AvgIpc) is 2.42. The SMILES string of the molecule is CC(Nc1cccc(C#N)c1)c1cccc(F)c1F. The van der Waals surface area contributed by atoms with Crippen LogP contribution in [-0.4, -0.2) is 0 Å². The zero-order chi connectivity index (χ0) is 13.8. The monoisotopic (exact) mass is 258 g/mol. The third kappa shape index (κ3) is 2.89. The van der Waals surface area contributed by atoms with E-state index in [2.05, 4.69) is 5.32 Å². The van der Waals surface area contributed by atoms with E-state index < -0.39 is 17.7 Å². The molecule has 0 bridgehead atoms. The topological polar surface area (TPSA) is 35.8 Å². The molecule has 0 spiro atoms. The highest BCUT2D eigenvalue weighted by molar-refractivity contribution is 5.50. The summed E-state index contributed by atoms with van der Waals surface area (Å²) < 4.78 is 26.8. The van der Waals surface area contributed by atoms with Gasteiger partial charge >= 0.3 is 0 Å². The number of nitrogens with zero attached hydrogens (tertiary/aromatic N) is 1. The van der Waals surface area contributed by atoms with E-state index in [-0.39, 0.29) is 5.56 Å².